The van der Waals surface area contributed by atoms with Crippen molar-refractivity contribution >= 4 is 15.9 Å². The van der Waals surface area contributed by atoms with Gasteiger partial charge < -0.3 is 14.4 Å². The molecule has 0 atom stereocenters. The Balaban J connectivity index is 1.97. The zero-order valence-corrected chi connectivity index (χ0v) is 12.4. The number of nitrogens with zero attached hydrogens (tertiary/aromatic N) is 4. The van der Waals surface area contributed by atoms with Crippen LogP contribution in [0.15, 0.2) is 39.3 Å². The maximum absolute atomic E-state index is 9.84. The maximum atomic E-state index is 9.84. The van der Waals surface area contributed by atoms with Gasteiger partial charge in [0.1, 0.15) is 11.4 Å². The van der Waals surface area contributed by atoms with Gasteiger partial charge >= 0.3 is 0 Å². The summed E-state index contributed by atoms with van der Waals surface area (Å²) in [5.74, 6) is 0.919. The lowest BCUT2D eigenvalue weighted by Gasteiger charge is -1.99. The van der Waals surface area contributed by atoms with Crippen LogP contribution >= 0.6 is 15.9 Å². The first-order chi connectivity index (χ1) is 10.2. The molecule has 2 aromatic heterocycles. The summed E-state index contributed by atoms with van der Waals surface area (Å²) in [4.78, 5) is 4.21. The molecule has 21 heavy (non-hydrogen) atoms. The van der Waals surface area contributed by atoms with Crippen LogP contribution in [-0.4, -0.2) is 32.6 Å². The number of benzene rings is 1. The van der Waals surface area contributed by atoms with E-state index in [-0.39, 0.29) is 17.5 Å². The lowest BCUT2D eigenvalue weighted by molar-refractivity contribution is 0.392. The summed E-state index contributed by atoms with van der Waals surface area (Å²) in [6.07, 6.45) is 0. The fourth-order valence-electron chi connectivity index (χ4n) is 1.66. The van der Waals surface area contributed by atoms with Crippen LogP contribution in [0, 0.1) is 0 Å². The smallest absolute Gasteiger partial charge is 0.262 e. The number of hydrogen-bond donors (Lipinski definition) is 1. The van der Waals surface area contributed by atoms with E-state index in [1.165, 1.54) is 13.2 Å². The predicted octanol–water partition coefficient (Wildman–Crippen LogP) is 2.67. The first-order valence-corrected chi connectivity index (χ1v) is 6.67. The Morgan fingerprint density at radius 1 is 1.19 bits per heavy atom. The Labute approximate surface area is 127 Å². The Morgan fingerprint density at radius 3 is 2.76 bits per heavy atom. The molecule has 2 heterocycles. The first kappa shape index (κ1) is 13.5. The number of halogens is 1. The van der Waals surface area contributed by atoms with Gasteiger partial charge in [-0.25, -0.2) is 0 Å². The number of aromatic nitrogens is 4. The summed E-state index contributed by atoms with van der Waals surface area (Å²) in [5, 5.41) is 21.4. The molecular weight excluding hydrogens is 340 g/mol. The highest BCUT2D eigenvalue weighted by molar-refractivity contribution is 9.10. The molecule has 0 saturated heterocycles. The standard InChI is InChI=1S/C13H9BrN4O3/c1-20-11-5-3-9(16-17-11)12-15-13(21-18-12)8-6-7(14)2-4-10(8)19/h2-6,19H,1H3. The SMILES string of the molecule is COc1ccc(-c2noc(-c3cc(Br)ccc3O)n2)nn1. The Hall–Kier alpha value is -2.48. The zero-order chi connectivity index (χ0) is 14.8. The number of ether oxygens (including phenoxy) is 1. The monoisotopic (exact) mass is 348 g/mol. The van der Waals surface area contributed by atoms with Crippen LogP contribution in [0.5, 0.6) is 11.6 Å². The van der Waals surface area contributed by atoms with Crippen LogP contribution in [0.3, 0.4) is 0 Å². The molecule has 0 saturated carbocycles. The van der Waals surface area contributed by atoms with Gasteiger partial charge in [-0.2, -0.15) is 4.98 Å². The van der Waals surface area contributed by atoms with Crippen molar-refractivity contribution in [3.63, 3.8) is 0 Å². The summed E-state index contributed by atoms with van der Waals surface area (Å²) in [7, 11) is 1.51. The van der Waals surface area contributed by atoms with E-state index in [1.54, 1.807) is 24.3 Å². The van der Waals surface area contributed by atoms with Gasteiger partial charge in [-0.15, -0.1) is 10.2 Å². The predicted molar refractivity (Wildman–Crippen MR) is 76.7 cm³/mol. The third-order valence-electron chi connectivity index (χ3n) is 2.69. The molecule has 0 radical (unpaired) electrons. The second-order valence-electron chi connectivity index (χ2n) is 4.05. The molecule has 0 fully saturated rings. The van der Waals surface area contributed by atoms with Crippen LogP contribution in [0.2, 0.25) is 0 Å². The van der Waals surface area contributed by atoms with E-state index in [0.29, 0.717) is 17.1 Å². The van der Waals surface area contributed by atoms with Crippen molar-refractivity contribution in [2.75, 3.05) is 7.11 Å². The first-order valence-electron chi connectivity index (χ1n) is 5.88. The fourth-order valence-corrected chi connectivity index (χ4v) is 2.03. The van der Waals surface area contributed by atoms with Gasteiger partial charge in [-0.1, -0.05) is 21.1 Å². The van der Waals surface area contributed by atoms with Gasteiger partial charge in [-0.3, -0.25) is 0 Å². The fraction of sp³-hybridized carbons (Fsp3) is 0.0769. The topological polar surface area (TPSA) is 94.2 Å². The molecule has 7 nitrogen and oxygen atoms in total. The molecule has 8 heteroatoms. The second-order valence-corrected chi connectivity index (χ2v) is 4.96. The summed E-state index contributed by atoms with van der Waals surface area (Å²) in [5.41, 5.74) is 0.880. The van der Waals surface area contributed by atoms with Gasteiger partial charge in [0.2, 0.25) is 11.7 Å². The van der Waals surface area contributed by atoms with Crippen LogP contribution in [0.4, 0.5) is 0 Å². The van der Waals surface area contributed by atoms with E-state index in [1.807, 2.05) is 0 Å². The number of rotatable bonds is 3. The van der Waals surface area contributed by atoms with Gasteiger partial charge in [0, 0.05) is 10.5 Å². The van der Waals surface area contributed by atoms with E-state index in [0.717, 1.165) is 4.47 Å². The zero-order valence-electron chi connectivity index (χ0n) is 10.8. The van der Waals surface area contributed by atoms with E-state index in [9.17, 15) is 5.11 Å². The van der Waals surface area contributed by atoms with E-state index >= 15 is 0 Å². The number of phenols is 1. The molecule has 3 rings (SSSR count). The third kappa shape index (κ3) is 2.70. The van der Waals surface area contributed by atoms with Crippen molar-refractivity contribution in [2.24, 2.45) is 0 Å². The van der Waals surface area contributed by atoms with Gasteiger partial charge in [0.15, 0.2) is 0 Å². The number of phenolic OH excluding ortho intramolecular Hbond substituents is 1. The summed E-state index contributed by atoms with van der Waals surface area (Å²) < 4.78 is 10.9. The summed E-state index contributed by atoms with van der Waals surface area (Å²) in [6, 6.07) is 8.25. The molecule has 0 bridgehead atoms. The highest BCUT2D eigenvalue weighted by Crippen LogP contribution is 2.31. The molecule has 1 N–H and O–H groups in total. The highest BCUT2D eigenvalue weighted by atomic mass is 79.9. The number of aromatic hydroxyl groups is 1. The molecule has 0 aliphatic carbocycles. The molecule has 1 aromatic carbocycles. The highest BCUT2D eigenvalue weighted by Gasteiger charge is 2.15. The molecule has 0 aliphatic heterocycles. The van der Waals surface area contributed by atoms with Gasteiger partial charge in [0.25, 0.3) is 5.89 Å². The third-order valence-corrected chi connectivity index (χ3v) is 3.19. The molecule has 0 amide bonds. The number of hydrogen-bond acceptors (Lipinski definition) is 7. The quantitative estimate of drug-likeness (QED) is 0.777. The minimum absolute atomic E-state index is 0.0502. The molecular formula is C13H9BrN4O3. The van der Waals surface area contributed by atoms with Crippen molar-refractivity contribution in [1.29, 1.82) is 0 Å². The summed E-state index contributed by atoms with van der Waals surface area (Å²) >= 11 is 3.32. The largest absolute Gasteiger partial charge is 0.507 e. The van der Waals surface area contributed by atoms with Crippen molar-refractivity contribution in [3.8, 4) is 34.6 Å². The minimum Gasteiger partial charge on any atom is -0.507 e. The molecule has 106 valence electrons. The van der Waals surface area contributed by atoms with Gasteiger partial charge in [-0.05, 0) is 24.3 Å². The normalized spacial score (nSPS) is 10.6. The Bertz CT molecular complexity index is 773. The maximum Gasteiger partial charge on any atom is 0.262 e. The Kier molecular flexibility index (Phi) is 3.53. The van der Waals surface area contributed by atoms with Crippen molar-refractivity contribution < 1.29 is 14.4 Å². The average molecular weight is 349 g/mol. The lowest BCUT2D eigenvalue weighted by Crippen LogP contribution is -1.93. The molecule has 0 aliphatic rings. The van der Waals surface area contributed by atoms with Crippen LogP contribution in [0.25, 0.3) is 23.0 Å². The van der Waals surface area contributed by atoms with E-state index in [4.69, 9.17) is 9.26 Å². The molecule has 0 spiro atoms. The van der Waals surface area contributed by atoms with Crippen LogP contribution < -0.4 is 4.74 Å². The molecule has 0 unspecified atom stereocenters. The number of methoxy groups -OCH3 is 1. The second kappa shape index (κ2) is 5.49. The average Bonchev–Trinajstić information content (AvgIpc) is 2.99. The van der Waals surface area contributed by atoms with Gasteiger partial charge in [0.05, 0.1) is 12.7 Å². The van der Waals surface area contributed by atoms with Crippen molar-refractivity contribution in [1.82, 2.24) is 20.3 Å². The van der Waals surface area contributed by atoms with E-state index < -0.39 is 0 Å². The van der Waals surface area contributed by atoms with E-state index in [2.05, 4.69) is 36.3 Å². The minimum atomic E-state index is 0.0502. The van der Waals surface area contributed by atoms with Crippen LogP contribution in [-0.2, 0) is 0 Å². The summed E-state index contributed by atoms with van der Waals surface area (Å²) in [6.45, 7) is 0. The lowest BCUT2D eigenvalue weighted by atomic mass is 10.2. The molecule has 3 aromatic rings. The van der Waals surface area contributed by atoms with Crippen molar-refractivity contribution in [3.05, 3.63) is 34.8 Å². The van der Waals surface area contributed by atoms with Crippen molar-refractivity contribution in [2.45, 2.75) is 0 Å². The van der Waals surface area contributed by atoms with Crippen LogP contribution in [0.1, 0.15) is 0 Å². The Morgan fingerprint density at radius 2 is 2.05 bits per heavy atom.